The Hall–Kier alpha value is -1.64. The minimum absolute atomic E-state index is 0.292. The van der Waals surface area contributed by atoms with E-state index in [2.05, 4.69) is 32.9 Å². The molecule has 100 valence electrons. The molecule has 0 amide bonds. The van der Waals surface area contributed by atoms with Crippen molar-refractivity contribution in [1.82, 2.24) is 0 Å². The fraction of sp³-hybridized carbons (Fsp3) is 0.375. The first-order chi connectivity index (χ1) is 9.06. The van der Waals surface area contributed by atoms with Crippen LogP contribution < -0.4 is 9.31 Å². The molecule has 0 saturated heterocycles. The molecule has 1 aromatic carbocycles. The summed E-state index contributed by atoms with van der Waals surface area (Å²) in [6, 6.07) is 7.78. The standard InChI is InChI=1S/C16H21BO2/c1-12(2)9-10-13(3)11-14(4)17-18-15-7-5-6-8-16(15)19-17/h5-8,10-12H,9H2,1-4H3/b13-10+,14-11-. The van der Waals surface area contributed by atoms with Gasteiger partial charge in [0.25, 0.3) is 0 Å². The monoisotopic (exact) mass is 256 g/mol. The highest BCUT2D eigenvalue weighted by Gasteiger charge is 2.33. The predicted molar refractivity (Wildman–Crippen MR) is 80.4 cm³/mol. The lowest BCUT2D eigenvalue weighted by atomic mass is 9.78. The highest BCUT2D eigenvalue weighted by molar-refractivity contribution is 6.56. The van der Waals surface area contributed by atoms with Crippen LogP contribution >= 0.6 is 0 Å². The summed E-state index contributed by atoms with van der Waals surface area (Å²) in [4.78, 5) is 0. The lowest BCUT2D eigenvalue weighted by molar-refractivity contribution is 0.511. The van der Waals surface area contributed by atoms with Crippen molar-refractivity contribution in [1.29, 1.82) is 0 Å². The van der Waals surface area contributed by atoms with Crippen LogP contribution in [0.1, 0.15) is 34.1 Å². The van der Waals surface area contributed by atoms with E-state index in [0.29, 0.717) is 5.92 Å². The predicted octanol–water partition coefficient (Wildman–Crippen LogP) is 4.42. The molecule has 0 N–H and O–H groups in total. The number of para-hydroxylation sites is 2. The van der Waals surface area contributed by atoms with E-state index < -0.39 is 0 Å². The van der Waals surface area contributed by atoms with Crippen molar-refractivity contribution in [2.75, 3.05) is 0 Å². The molecule has 1 aliphatic rings. The molecule has 0 aromatic heterocycles. The van der Waals surface area contributed by atoms with Gasteiger partial charge in [0.2, 0.25) is 0 Å². The van der Waals surface area contributed by atoms with Crippen molar-refractivity contribution >= 4 is 7.12 Å². The van der Waals surface area contributed by atoms with Crippen molar-refractivity contribution < 1.29 is 9.31 Å². The molecular weight excluding hydrogens is 235 g/mol. The minimum atomic E-state index is -0.292. The molecule has 0 fully saturated rings. The molecule has 19 heavy (non-hydrogen) atoms. The zero-order valence-electron chi connectivity index (χ0n) is 12.1. The van der Waals surface area contributed by atoms with E-state index in [0.717, 1.165) is 23.4 Å². The summed E-state index contributed by atoms with van der Waals surface area (Å²) < 4.78 is 11.6. The van der Waals surface area contributed by atoms with E-state index in [1.807, 2.05) is 31.2 Å². The van der Waals surface area contributed by atoms with Crippen molar-refractivity contribution in [2.45, 2.75) is 34.1 Å². The van der Waals surface area contributed by atoms with E-state index in [4.69, 9.17) is 9.31 Å². The number of rotatable bonds is 4. The Bertz CT molecular complexity index is 478. The zero-order valence-corrected chi connectivity index (χ0v) is 12.1. The lowest BCUT2D eigenvalue weighted by Crippen LogP contribution is -2.26. The van der Waals surface area contributed by atoms with Gasteiger partial charge in [-0.05, 0) is 43.8 Å². The summed E-state index contributed by atoms with van der Waals surface area (Å²) in [7, 11) is -0.292. The van der Waals surface area contributed by atoms with Gasteiger partial charge in [0, 0.05) is 0 Å². The second kappa shape index (κ2) is 6.00. The van der Waals surface area contributed by atoms with Gasteiger partial charge in [0.1, 0.15) is 11.5 Å². The molecule has 0 radical (unpaired) electrons. The third-order valence-electron chi connectivity index (χ3n) is 3.06. The molecule has 2 nitrogen and oxygen atoms in total. The zero-order chi connectivity index (χ0) is 13.8. The quantitative estimate of drug-likeness (QED) is 0.586. The van der Waals surface area contributed by atoms with E-state index >= 15 is 0 Å². The number of benzene rings is 1. The average Bonchev–Trinajstić information content (AvgIpc) is 2.80. The maximum Gasteiger partial charge on any atom is 0.628 e. The summed E-state index contributed by atoms with van der Waals surface area (Å²) >= 11 is 0. The van der Waals surface area contributed by atoms with E-state index in [9.17, 15) is 0 Å². The highest BCUT2D eigenvalue weighted by Crippen LogP contribution is 2.34. The largest absolute Gasteiger partial charge is 0.628 e. The molecule has 0 saturated carbocycles. The Morgan fingerprint density at radius 1 is 1.16 bits per heavy atom. The third kappa shape index (κ3) is 3.66. The molecule has 0 spiro atoms. The molecule has 0 atom stereocenters. The number of hydrogen-bond donors (Lipinski definition) is 0. The first kappa shape index (κ1) is 13.8. The molecule has 0 bridgehead atoms. The fourth-order valence-corrected chi connectivity index (χ4v) is 1.99. The number of hydrogen-bond acceptors (Lipinski definition) is 2. The average molecular weight is 256 g/mol. The highest BCUT2D eigenvalue weighted by atomic mass is 16.6. The SMILES string of the molecule is CC(=C\CC(C)C)/C=C(/C)B1Oc2ccccc2O1. The van der Waals surface area contributed by atoms with Crippen LogP contribution in [-0.2, 0) is 0 Å². The molecule has 3 heteroatoms. The molecule has 0 aliphatic carbocycles. The molecule has 1 aromatic rings. The topological polar surface area (TPSA) is 18.5 Å². The second-order valence-electron chi connectivity index (χ2n) is 5.48. The van der Waals surface area contributed by atoms with Gasteiger partial charge in [0.15, 0.2) is 0 Å². The van der Waals surface area contributed by atoms with Gasteiger partial charge >= 0.3 is 7.12 Å². The first-order valence-electron chi connectivity index (χ1n) is 6.83. The van der Waals surface area contributed by atoms with Crippen LogP contribution in [-0.4, -0.2) is 7.12 Å². The normalized spacial score (nSPS) is 15.3. The molecular formula is C16H21BO2. The van der Waals surface area contributed by atoms with Crippen LogP contribution in [0.15, 0.2) is 47.5 Å². The summed E-state index contributed by atoms with van der Waals surface area (Å²) in [5.74, 6) is 2.33. The number of allylic oxidation sites excluding steroid dienone is 4. The fourth-order valence-electron chi connectivity index (χ4n) is 1.99. The van der Waals surface area contributed by atoms with Crippen molar-refractivity contribution in [3.05, 3.63) is 47.5 Å². The van der Waals surface area contributed by atoms with Crippen LogP contribution in [0.25, 0.3) is 0 Å². The van der Waals surface area contributed by atoms with Crippen LogP contribution in [0.3, 0.4) is 0 Å². The van der Waals surface area contributed by atoms with Gasteiger partial charge in [-0.3, -0.25) is 0 Å². The third-order valence-corrected chi connectivity index (χ3v) is 3.06. The Morgan fingerprint density at radius 2 is 1.74 bits per heavy atom. The van der Waals surface area contributed by atoms with E-state index in [1.54, 1.807) is 0 Å². The number of fused-ring (bicyclic) bond motifs is 1. The Kier molecular flexibility index (Phi) is 4.36. The molecule has 0 unspecified atom stereocenters. The van der Waals surface area contributed by atoms with Gasteiger partial charge in [-0.15, -0.1) is 0 Å². The van der Waals surface area contributed by atoms with Gasteiger partial charge in [-0.1, -0.05) is 43.7 Å². The summed E-state index contributed by atoms with van der Waals surface area (Å²) in [6.07, 6.45) is 5.50. The van der Waals surface area contributed by atoms with Crippen molar-refractivity contribution in [3.8, 4) is 11.5 Å². The smallest absolute Gasteiger partial charge is 0.519 e. The molecule has 1 heterocycles. The van der Waals surface area contributed by atoms with Crippen LogP contribution in [0.4, 0.5) is 0 Å². The Morgan fingerprint density at radius 3 is 2.26 bits per heavy atom. The van der Waals surface area contributed by atoms with Crippen LogP contribution in [0.2, 0.25) is 0 Å². The van der Waals surface area contributed by atoms with Crippen LogP contribution in [0, 0.1) is 5.92 Å². The molecule has 1 aliphatic heterocycles. The maximum absolute atomic E-state index is 5.78. The molecule has 2 rings (SSSR count). The van der Waals surface area contributed by atoms with Gasteiger partial charge in [0.05, 0.1) is 0 Å². The Balaban J connectivity index is 2.02. The van der Waals surface area contributed by atoms with Crippen molar-refractivity contribution in [3.63, 3.8) is 0 Å². The van der Waals surface area contributed by atoms with E-state index in [-0.39, 0.29) is 7.12 Å². The Labute approximate surface area is 116 Å². The lowest BCUT2D eigenvalue weighted by Gasteiger charge is -2.05. The van der Waals surface area contributed by atoms with Gasteiger partial charge < -0.3 is 9.31 Å². The summed E-state index contributed by atoms with van der Waals surface area (Å²) in [5, 5.41) is 0. The van der Waals surface area contributed by atoms with Gasteiger partial charge in [-0.25, -0.2) is 0 Å². The van der Waals surface area contributed by atoms with Crippen molar-refractivity contribution in [2.24, 2.45) is 5.92 Å². The summed E-state index contributed by atoms with van der Waals surface area (Å²) in [5.41, 5.74) is 2.35. The summed E-state index contributed by atoms with van der Waals surface area (Å²) in [6.45, 7) is 8.61. The van der Waals surface area contributed by atoms with Gasteiger partial charge in [-0.2, -0.15) is 0 Å². The van der Waals surface area contributed by atoms with E-state index in [1.165, 1.54) is 5.57 Å². The maximum atomic E-state index is 5.78. The second-order valence-corrected chi connectivity index (χ2v) is 5.48. The first-order valence-corrected chi connectivity index (χ1v) is 6.83. The minimum Gasteiger partial charge on any atom is -0.519 e. The van der Waals surface area contributed by atoms with Crippen LogP contribution in [0.5, 0.6) is 11.5 Å².